The molecule has 3 fully saturated rings. The number of carbonyl (C=O) groups excluding carboxylic acids is 2. The number of aliphatic carboxylic acids is 1. The minimum atomic E-state index is -0.773. The molecule has 0 saturated carbocycles. The van der Waals surface area contributed by atoms with Crippen LogP contribution in [0.1, 0.15) is 69.0 Å². The largest absolute Gasteiger partial charge is 0.480 e. The van der Waals surface area contributed by atoms with E-state index in [2.05, 4.69) is 15.0 Å². The molecule has 11 nitrogen and oxygen atoms in total. The highest BCUT2D eigenvalue weighted by atomic mass is 35.5. The lowest BCUT2D eigenvalue weighted by atomic mass is 9.78. The van der Waals surface area contributed by atoms with E-state index in [1.165, 1.54) is 4.68 Å². The highest BCUT2D eigenvalue weighted by molar-refractivity contribution is 6.31. The molecule has 3 aliphatic rings. The van der Waals surface area contributed by atoms with Gasteiger partial charge in [0.1, 0.15) is 6.04 Å². The first-order valence-corrected chi connectivity index (χ1v) is 18.5. The minimum Gasteiger partial charge on any atom is -0.480 e. The number of aromatic amines is 1. The van der Waals surface area contributed by atoms with E-state index in [-0.39, 0.29) is 30.0 Å². The minimum absolute atomic E-state index is 0.0286. The maximum absolute atomic E-state index is 14.1. The van der Waals surface area contributed by atoms with Crippen molar-refractivity contribution in [3.63, 3.8) is 0 Å². The number of likely N-dealkylation sites (tertiary alicyclic amines) is 3. The number of aryl methyl sites for hydroxylation is 1. The molecular formula is C38H49ClN6O5. The SMILES string of the molecule is Cc1cc(CC(CC(=O)N2CCC(n3nc(-c4ccccc4)[nH]c3=O)CC2)C(=O)N2CCC(C3CCN(C(C)C(=O)O)CC3)CC2)ccc1Cl. The molecule has 1 aromatic heterocycles. The number of H-pyrrole nitrogens is 1. The summed E-state index contributed by atoms with van der Waals surface area (Å²) >= 11 is 6.31. The van der Waals surface area contributed by atoms with E-state index in [1.54, 1.807) is 6.92 Å². The molecule has 0 radical (unpaired) electrons. The fraction of sp³-hybridized carbons (Fsp3) is 0.553. The maximum Gasteiger partial charge on any atom is 0.343 e. The van der Waals surface area contributed by atoms with Gasteiger partial charge >= 0.3 is 11.7 Å². The summed E-state index contributed by atoms with van der Waals surface area (Å²) in [5.41, 5.74) is 2.53. The molecule has 0 spiro atoms. The number of piperidine rings is 3. The van der Waals surface area contributed by atoms with Gasteiger partial charge in [-0.1, -0.05) is 54.1 Å². The predicted octanol–water partition coefficient (Wildman–Crippen LogP) is 5.04. The molecular weight excluding hydrogens is 656 g/mol. The normalized spacial score (nSPS) is 19.7. The Kier molecular flexibility index (Phi) is 11.4. The Hall–Kier alpha value is -3.96. The lowest BCUT2D eigenvalue weighted by molar-refractivity contribution is -0.143. The summed E-state index contributed by atoms with van der Waals surface area (Å²) in [5.74, 6) is 0.333. The summed E-state index contributed by atoms with van der Waals surface area (Å²) in [5, 5.41) is 14.6. The quantitative estimate of drug-likeness (QED) is 0.303. The fourth-order valence-electron chi connectivity index (χ4n) is 8.16. The molecule has 50 heavy (non-hydrogen) atoms. The molecule has 4 heterocycles. The number of carboxylic acid groups (broad SMARTS) is 1. The van der Waals surface area contributed by atoms with E-state index in [1.807, 2.05) is 65.3 Å². The highest BCUT2D eigenvalue weighted by Gasteiger charge is 2.36. The van der Waals surface area contributed by atoms with Crippen LogP contribution in [0, 0.1) is 24.7 Å². The van der Waals surface area contributed by atoms with Crippen molar-refractivity contribution in [2.75, 3.05) is 39.3 Å². The van der Waals surface area contributed by atoms with Crippen molar-refractivity contribution >= 4 is 29.4 Å². The van der Waals surface area contributed by atoms with Crippen LogP contribution in [-0.4, -0.2) is 97.7 Å². The first-order valence-electron chi connectivity index (χ1n) is 18.1. The number of carboxylic acids is 1. The Morgan fingerprint density at radius 2 is 1.52 bits per heavy atom. The maximum atomic E-state index is 14.1. The van der Waals surface area contributed by atoms with E-state index in [4.69, 9.17) is 11.6 Å². The lowest BCUT2D eigenvalue weighted by Crippen LogP contribution is -2.48. The lowest BCUT2D eigenvalue weighted by Gasteiger charge is -2.41. The van der Waals surface area contributed by atoms with E-state index >= 15 is 0 Å². The van der Waals surface area contributed by atoms with Crippen molar-refractivity contribution in [3.05, 3.63) is 75.2 Å². The van der Waals surface area contributed by atoms with E-state index < -0.39 is 17.9 Å². The van der Waals surface area contributed by atoms with E-state index in [0.717, 1.165) is 55.5 Å². The second kappa shape index (κ2) is 15.9. The second-order valence-corrected chi connectivity index (χ2v) is 14.8. The Morgan fingerprint density at radius 3 is 2.14 bits per heavy atom. The number of nitrogens with one attached hydrogen (secondary N) is 1. The molecule has 2 unspecified atom stereocenters. The third-order valence-corrected chi connectivity index (χ3v) is 11.7. The number of carbonyl (C=O) groups is 3. The second-order valence-electron chi connectivity index (χ2n) is 14.4. The first kappa shape index (κ1) is 35.9. The highest BCUT2D eigenvalue weighted by Crippen LogP contribution is 2.34. The fourth-order valence-corrected chi connectivity index (χ4v) is 8.28. The van der Waals surface area contributed by atoms with Crippen LogP contribution in [0.15, 0.2) is 53.3 Å². The van der Waals surface area contributed by atoms with Crippen molar-refractivity contribution < 1.29 is 19.5 Å². The third kappa shape index (κ3) is 8.32. The number of aromatic nitrogens is 3. The van der Waals surface area contributed by atoms with Crippen LogP contribution >= 0.6 is 11.6 Å². The number of amides is 2. The van der Waals surface area contributed by atoms with Gasteiger partial charge in [0.2, 0.25) is 11.8 Å². The number of hydrogen-bond donors (Lipinski definition) is 2. The van der Waals surface area contributed by atoms with Gasteiger partial charge in [-0.05, 0) is 101 Å². The standard InChI is InChI=1S/C38H49ClN6O5/c1-25-22-27(8-9-33(25)39)23-31(36(47)44-18-12-29(13-19-44)28-10-16-42(17-11-28)26(2)37(48)49)24-34(46)43-20-14-32(15-21-43)45-38(50)40-35(41-45)30-6-4-3-5-7-30/h3-9,22,26,28-29,31-32H,10-21,23-24H2,1-2H3,(H,48,49)(H,40,41,50). The van der Waals surface area contributed by atoms with Gasteiger partial charge in [-0.2, -0.15) is 0 Å². The molecule has 6 rings (SSSR count). The van der Waals surface area contributed by atoms with E-state index in [9.17, 15) is 24.3 Å². The summed E-state index contributed by atoms with van der Waals surface area (Å²) in [6, 6.07) is 14.8. The summed E-state index contributed by atoms with van der Waals surface area (Å²) in [6.07, 6.45) is 5.65. The third-order valence-electron chi connectivity index (χ3n) is 11.3. The zero-order valence-electron chi connectivity index (χ0n) is 29.1. The molecule has 2 N–H and O–H groups in total. The van der Waals surface area contributed by atoms with Crippen LogP contribution < -0.4 is 5.69 Å². The Bertz CT molecular complexity index is 1700. The molecule has 2 aromatic carbocycles. The van der Waals surface area contributed by atoms with Gasteiger partial charge in [0.15, 0.2) is 5.82 Å². The van der Waals surface area contributed by atoms with Crippen molar-refractivity contribution in [1.82, 2.24) is 29.5 Å². The zero-order valence-corrected chi connectivity index (χ0v) is 29.9. The topological polar surface area (TPSA) is 132 Å². The summed E-state index contributed by atoms with van der Waals surface area (Å²) < 4.78 is 1.52. The van der Waals surface area contributed by atoms with Gasteiger partial charge in [0, 0.05) is 43.2 Å². The molecule has 2 atom stereocenters. The molecule has 3 saturated heterocycles. The van der Waals surface area contributed by atoms with Crippen molar-refractivity contribution in [3.8, 4) is 11.4 Å². The van der Waals surface area contributed by atoms with Crippen LogP contribution in [0.25, 0.3) is 11.4 Å². The van der Waals surface area contributed by atoms with Gasteiger partial charge in [-0.25, -0.2) is 9.48 Å². The van der Waals surface area contributed by atoms with Gasteiger partial charge in [-0.15, -0.1) is 5.10 Å². The number of nitrogens with zero attached hydrogens (tertiary/aromatic N) is 5. The average Bonchev–Trinajstić information content (AvgIpc) is 3.54. The average molecular weight is 705 g/mol. The molecule has 12 heteroatoms. The van der Waals surface area contributed by atoms with Gasteiger partial charge in [0.05, 0.1) is 12.0 Å². The molecule has 268 valence electrons. The van der Waals surface area contributed by atoms with Crippen LogP contribution in [0.3, 0.4) is 0 Å². The molecule has 3 aliphatic heterocycles. The number of rotatable bonds is 10. The molecule has 0 bridgehead atoms. The molecule has 0 aliphatic carbocycles. The van der Waals surface area contributed by atoms with E-state index in [0.29, 0.717) is 68.1 Å². The Morgan fingerprint density at radius 1 is 0.900 bits per heavy atom. The van der Waals surface area contributed by atoms with Gasteiger partial charge in [0.25, 0.3) is 0 Å². The summed E-state index contributed by atoms with van der Waals surface area (Å²) in [4.78, 5) is 60.9. The van der Waals surface area contributed by atoms with Crippen molar-refractivity contribution in [2.24, 2.45) is 17.8 Å². The van der Waals surface area contributed by atoms with Crippen LogP contribution in [-0.2, 0) is 20.8 Å². The van der Waals surface area contributed by atoms with Crippen LogP contribution in [0.2, 0.25) is 5.02 Å². The van der Waals surface area contributed by atoms with Gasteiger partial charge in [-0.3, -0.25) is 24.3 Å². The van der Waals surface area contributed by atoms with Crippen LogP contribution in [0.4, 0.5) is 0 Å². The Balaban J connectivity index is 1.06. The summed E-state index contributed by atoms with van der Waals surface area (Å²) in [7, 11) is 0. The monoisotopic (exact) mass is 704 g/mol. The molecule has 3 aromatic rings. The smallest absolute Gasteiger partial charge is 0.343 e. The number of halogens is 1. The zero-order chi connectivity index (χ0) is 35.4. The van der Waals surface area contributed by atoms with Crippen molar-refractivity contribution in [2.45, 2.75) is 77.3 Å². The van der Waals surface area contributed by atoms with Crippen LogP contribution in [0.5, 0.6) is 0 Å². The van der Waals surface area contributed by atoms with Gasteiger partial charge < -0.3 is 14.9 Å². The number of benzene rings is 2. The van der Waals surface area contributed by atoms with Crippen molar-refractivity contribution in [1.29, 1.82) is 0 Å². The molecule has 2 amide bonds. The Labute approximate surface area is 298 Å². The first-order chi connectivity index (χ1) is 24.1. The summed E-state index contributed by atoms with van der Waals surface area (Å²) in [6.45, 7) is 7.65. The number of hydrogen-bond acceptors (Lipinski definition) is 6. The predicted molar refractivity (Wildman–Crippen MR) is 192 cm³/mol.